The van der Waals surface area contributed by atoms with E-state index in [4.69, 9.17) is 23.2 Å². The molecule has 25 heavy (non-hydrogen) atoms. The Hall–Kier alpha value is -2.15. The summed E-state index contributed by atoms with van der Waals surface area (Å²) in [6.45, 7) is 0.333. The number of rotatable bonds is 5. The molecule has 2 aromatic heterocycles. The first-order chi connectivity index (χ1) is 12.1. The van der Waals surface area contributed by atoms with Crippen LogP contribution in [0.25, 0.3) is 10.6 Å². The summed E-state index contributed by atoms with van der Waals surface area (Å²) in [7, 11) is 1.76. The number of amides is 1. The minimum absolute atomic E-state index is 0.162. The minimum Gasteiger partial charge on any atom is -0.357 e. The second-order valence-electron chi connectivity index (χ2n) is 5.10. The number of hydrogen-bond acceptors (Lipinski definition) is 5. The second-order valence-corrected chi connectivity index (χ2v) is 7.03. The van der Waals surface area contributed by atoms with E-state index < -0.39 is 0 Å². The van der Waals surface area contributed by atoms with Crippen LogP contribution in [0.4, 0.5) is 5.95 Å². The zero-order chi connectivity index (χ0) is 17.8. The van der Waals surface area contributed by atoms with Crippen LogP contribution in [-0.4, -0.2) is 22.9 Å². The molecule has 1 amide bonds. The topological polar surface area (TPSA) is 66.9 Å². The van der Waals surface area contributed by atoms with Crippen LogP contribution in [0.15, 0.2) is 42.6 Å². The smallest absolute Gasteiger partial charge is 0.261 e. The molecule has 8 heteroatoms. The van der Waals surface area contributed by atoms with Gasteiger partial charge in [-0.05, 0) is 35.9 Å². The van der Waals surface area contributed by atoms with Crippen molar-refractivity contribution >= 4 is 46.4 Å². The lowest BCUT2D eigenvalue weighted by molar-refractivity contribution is 0.0955. The Labute approximate surface area is 159 Å². The Morgan fingerprint density at radius 2 is 2.04 bits per heavy atom. The van der Waals surface area contributed by atoms with Gasteiger partial charge >= 0.3 is 0 Å². The maximum absolute atomic E-state index is 12.3. The fourth-order valence-electron chi connectivity index (χ4n) is 2.14. The van der Waals surface area contributed by atoms with Crippen LogP contribution < -0.4 is 10.6 Å². The normalized spacial score (nSPS) is 10.5. The van der Waals surface area contributed by atoms with Crippen molar-refractivity contribution < 1.29 is 4.79 Å². The molecule has 0 aliphatic heterocycles. The second kappa shape index (κ2) is 7.82. The van der Waals surface area contributed by atoms with Crippen molar-refractivity contribution in [2.75, 3.05) is 12.4 Å². The van der Waals surface area contributed by atoms with Crippen LogP contribution in [0.5, 0.6) is 0 Å². The molecule has 0 aliphatic carbocycles. The summed E-state index contributed by atoms with van der Waals surface area (Å²) in [6.07, 6.45) is 1.68. The monoisotopic (exact) mass is 392 g/mol. The van der Waals surface area contributed by atoms with Crippen LogP contribution in [0.1, 0.15) is 15.2 Å². The molecule has 3 rings (SSSR count). The van der Waals surface area contributed by atoms with Gasteiger partial charge in [0.15, 0.2) is 0 Å². The molecule has 128 valence electrons. The standard InChI is InChI=1S/C17H14Cl2N4OS/c1-20-17-21-7-6-13(23-17)14-4-5-15(25-14)16(24)22-9-10-2-3-11(18)8-12(10)19/h2-8H,9H2,1H3,(H,22,24)(H,20,21,23). The van der Waals surface area contributed by atoms with E-state index in [0.717, 1.165) is 16.1 Å². The molecule has 0 unspecified atom stereocenters. The molecule has 2 heterocycles. The Balaban J connectivity index is 1.70. The lowest BCUT2D eigenvalue weighted by atomic mass is 10.2. The number of anilines is 1. The summed E-state index contributed by atoms with van der Waals surface area (Å²) >= 11 is 13.4. The Morgan fingerprint density at radius 3 is 2.80 bits per heavy atom. The van der Waals surface area contributed by atoms with Gasteiger partial charge in [-0.25, -0.2) is 9.97 Å². The van der Waals surface area contributed by atoms with Crippen LogP contribution in [-0.2, 0) is 6.54 Å². The summed E-state index contributed by atoms with van der Waals surface area (Å²) in [4.78, 5) is 22.3. The molecule has 0 aliphatic rings. The number of carbonyl (C=O) groups is 1. The molecule has 0 bridgehead atoms. The third kappa shape index (κ3) is 4.28. The molecule has 1 aromatic carbocycles. The van der Waals surface area contributed by atoms with Gasteiger partial charge in [0, 0.05) is 29.8 Å². The van der Waals surface area contributed by atoms with Crippen molar-refractivity contribution in [1.82, 2.24) is 15.3 Å². The predicted molar refractivity (Wildman–Crippen MR) is 103 cm³/mol. The minimum atomic E-state index is -0.162. The van der Waals surface area contributed by atoms with Crippen molar-refractivity contribution in [2.24, 2.45) is 0 Å². The fraction of sp³-hybridized carbons (Fsp3) is 0.118. The fourth-order valence-corrected chi connectivity index (χ4v) is 3.51. The Bertz CT molecular complexity index is 913. The highest BCUT2D eigenvalue weighted by Gasteiger charge is 2.12. The van der Waals surface area contributed by atoms with Crippen molar-refractivity contribution in [3.63, 3.8) is 0 Å². The van der Waals surface area contributed by atoms with Crippen molar-refractivity contribution in [2.45, 2.75) is 6.54 Å². The first-order valence-electron chi connectivity index (χ1n) is 7.40. The summed E-state index contributed by atoms with van der Waals surface area (Å²) in [5, 5.41) is 6.85. The highest BCUT2D eigenvalue weighted by atomic mass is 35.5. The first kappa shape index (κ1) is 17.7. The largest absolute Gasteiger partial charge is 0.357 e. The zero-order valence-electron chi connectivity index (χ0n) is 13.2. The van der Waals surface area contributed by atoms with Gasteiger partial charge < -0.3 is 10.6 Å². The highest BCUT2D eigenvalue weighted by Crippen LogP contribution is 2.27. The number of hydrogen-bond donors (Lipinski definition) is 2. The molecule has 5 nitrogen and oxygen atoms in total. The number of nitrogens with zero attached hydrogens (tertiary/aromatic N) is 2. The Kier molecular flexibility index (Phi) is 5.53. The third-order valence-electron chi connectivity index (χ3n) is 3.42. The molecule has 0 atom stereocenters. The van der Waals surface area contributed by atoms with E-state index in [9.17, 15) is 4.79 Å². The van der Waals surface area contributed by atoms with Gasteiger partial charge in [0.05, 0.1) is 15.4 Å². The molecule has 0 fully saturated rings. The summed E-state index contributed by atoms with van der Waals surface area (Å²) < 4.78 is 0. The van der Waals surface area contributed by atoms with E-state index in [1.807, 2.05) is 12.1 Å². The number of halogens is 2. The maximum atomic E-state index is 12.3. The van der Waals surface area contributed by atoms with Crippen LogP contribution in [0, 0.1) is 0 Å². The molecule has 0 spiro atoms. The lowest BCUT2D eigenvalue weighted by Gasteiger charge is -2.06. The number of aromatic nitrogens is 2. The van der Waals surface area contributed by atoms with E-state index in [2.05, 4.69) is 20.6 Å². The van der Waals surface area contributed by atoms with Crippen LogP contribution in [0.2, 0.25) is 10.0 Å². The van der Waals surface area contributed by atoms with E-state index >= 15 is 0 Å². The van der Waals surface area contributed by atoms with Crippen LogP contribution >= 0.6 is 34.5 Å². The molecule has 0 saturated carbocycles. The van der Waals surface area contributed by atoms with Crippen LogP contribution in [0.3, 0.4) is 0 Å². The molecule has 0 radical (unpaired) electrons. The Morgan fingerprint density at radius 1 is 1.20 bits per heavy atom. The number of thiophene rings is 1. The summed E-state index contributed by atoms with van der Waals surface area (Å²) in [5.41, 5.74) is 1.58. The van der Waals surface area contributed by atoms with E-state index in [1.165, 1.54) is 11.3 Å². The number of carbonyl (C=O) groups excluding carboxylic acids is 1. The van der Waals surface area contributed by atoms with Crippen molar-refractivity contribution in [1.29, 1.82) is 0 Å². The molecule has 2 N–H and O–H groups in total. The molecule has 0 saturated heterocycles. The number of nitrogens with one attached hydrogen (secondary N) is 2. The highest BCUT2D eigenvalue weighted by molar-refractivity contribution is 7.17. The summed E-state index contributed by atoms with van der Waals surface area (Å²) in [6, 6.07) is 10.7. The van der Waals surface area contributed by atoms with Gasteiger partial charge in [0.25, 0.3) is 5.91 Å². The van der Waals surface area contributed by atoms with Gasteiger partial charge in [-0.3, -0.25) is 4.79 Å². The van der Waals surface area contributed by atoms with Crippen molar-refractivity contribution in [3.8, 4) is 10.6 Å². The number of benzene rings is 1. The molecular formula is C17H14Cl2N4OS. The van der Waals surface area contributed by atoms with Crippen molar-refractivity contribution in [3.05, 3.63) is 63.1 Å². The van der Waals surface area contributed by atoms with Gasteiger partial charge in [-0.15, -0.1) is 11.3 Å². The van der Waals surface area contributed by atoms with Gasteiger partial charge in [0.2, 0.25) is 5.95 Å². The molecular weight excluding hydrogens is 379 g/mol. The maximum Gasteiger partial charge on any atom is 0.261 e. The van der Waals surface area contributed by atoms with Gasteiger partial charge in [0.1, 0.15) is 0 Å². The predicted octanol–water partition coefficient (Wildman–Crippen LogP) is 4.48. The van der Waals surface area contributed by atoms with E-state index in [-0.39, 0.29) is 5.91 Å². The average Bonchev–Trinajstić information content (AvgIpc) is 3.11. The van der Waals surface area contributed by atoms with E-state index in [1.54, 1.807) is 37.5 Å². The van der Waals surface area contributed by atoms with E-state index in [0.29, 0.717) is 27.4 Å². The SMILES string of the molecule is CNc1nccc(-c2ccc(C(=O)NCc3ccc(Cl)cc3Cl)s2)n1. The third-order valence-corrected chi connectivity index (χ3v) is 5.11. The lowest BCUT2D eigenvalue weighted by Crippen LogP contribution is -2.21. The summed E-state index contributed by atoms with van der Waals surface area (Å²) in [5.74, 6) is 0.374. The quantitative estimate of drug-likeness (QED) is 0.671. The zero-order valence-corrected chi connectivity index (χ0v) is 15.5. The first-order valence-corrected chi connectivity index (χ1v) is 8.97. The molecule has 3 aromatic rings. The van der Waals surface area contributed by atoms with Gasteiger partial charge in [-0.2, -0.15) is 0 Å². The van der Waals surface area contributed by atoms with Gasteiger partial charge in [-0.1, -0.05) is 29.3 Å². The average molecular weight is 393 g/mol.